The SMILES string of the molecule is O=C(O)CCC(=O)N(C1CC1)C1c2ccc(Cl)cc2N(C(=O)O)[C@@H]2CC[C@H]12. The number of hydrogen-bond acceptors (Lipinski definition) is 3. The van der Waals surface area contributed by atoms with Crippen molar-refractivity contribution in [1.29, 1.82) is 0 Å². The fourth-order valence-electron chi connectivity index (χ4n) is 4.46. The lowest BCUT2D eigenvalue weighted by Crippen LogP contribution is -2.59. The summed E-state index contributed by atoms with van der Waals surface area (Å²) >= 11 is 6.13. The van der Waals surface area contributed by atoms with Gasteiger partial charge in [0.05, 0.1) is 18.2 Å². The number of nitrogens with zero attached hydrogens (tertiary/aromatic N) is 2. The Morgan fingerprint density at radius 2 is 1.85 bits per heavy atom. The minimum atomic E-state index is -1.01. The number of carboxylic acid groups (broad SMARTS) is 2. The van der Waals surface area contributed by atoms with Gasteiger partial charge in [0.15, 0.2) is 0 Å². The lowest BCUT2D eigenvalue weighted by Gasteiger charge is -2.54. The number of hydrogen-bond donors (Lipinski definition) is 2. The van der Waals surface area contributed by atoms with Crippen LogP contribution in [0.1, 0.15) is 50.1 Å². The number of aliphatic carboxylic acids is 1. The predicted molar refractivity (Wildman–Crippen MR) is 97.9 cm³/mol. The van der Waals surface area contributed by atoms with Gasteiger partial charge in [-0.1, -0.05) is 17.7 Å². The van der Waals surface area contributed by atoms with Gasteiger partial charge in [-0.2, -0.15) is 0 Å². The average molecular weight is 393 g/mol. The molecule has 1 unspecified atom stereocenters. The Morgan fingerprint density at radius 3 is 2.41 bits per heavy atom. The third kappa shape index (κ3) is 3.14. The number of fused-ring (bicyclic) bond motifs is 2. The summed E-state index contributed by atoms with van der Waals surface area (Å²) in [7, 11) is 0. The molecule has 2 amide bonds. The van der Waals surface area contributed by atoms with Crippen LogP contribution < -0.4 is 4.90 Å². The van der Waals surface area contributed by atoms with Crippen LogP contribution in [-0.2, 0) is 9.59 Å². The van der Waals surface area contributed by atoms with Crippen molar-refractivity contribution >= 4 is 35.3 Å². The van der Waals surface area contributed by atoms with Crippen LogP contribution in [-0.4, -0.2) is 45.2 Å². The van der Waals surface area contributed by atoms with Crippen molar-refractivity contribution in [3.63, 3.8) is 0 Å². The van der Waals surface area contributed by atoms with Gasteiger partial charge in [0.25, 0.3) is 0 Å². The fourth-order valence-corrected chi connectivity index (χ4v) is 4.63. The first kappa shape index (κ1) is 18.1. The average Bonchev–Trinajstić information content (AvgIpc) is 3.39. The molecule has 0 bridgehead atoms. The molecule has 2 fully saturated rings. The van der Waals surface area contributed by atoms with Gasteiger partial charge in [0.1, 0.15) is 0 Å². The summed E-state index contributed by atoms with van der Waals surface area (Å²) in [6, 6.07) is 4.90. The maximum absolute atomic E-state index is 12.9. The van der Waals surface area contributed by atoms with E-state index in [-0.39, 0.29) is 42.8 Å². The Bertz CT molecular complexity index is 809. The molecule has 3 aliphatic rings. The Hall–Kier alpha value is -2.28. The summed E-state index contributed by atoms with van der Waals surface area (Å²) in [6.45, 7) is 0. The molecule has 2 N–H and O–H groups in total. The Kier molecular flexibility index (Phi) is 4.50. The van der Waals surface area contributed by atoms with E-state index in [1.807, 2.05) is 11.0 Å². The van der Waals surface area contributed by atoms with Crippen LogP contribution in [0.25, 0.3) is 0 Å². The summed E-state index contributed by atoms with van der Waals surface area (Å²) < 4.78 is 0. The van der Waals surface area contributed by atoms with E-state index in [0.717, 1.165) is 31.2 Å². The van der Waals surface area contributed by atoms with Crippen LogP contribution >= 0.6 is 11.6 Å². The van der Waals surface area contributed by atoms with Gasteiger partial charge in [0, 0.05) is 29.4 Å². The second kappa shape index (κ2) is 6.71. The molecule has 0 spiro atoms. The monoisotopic (exact) mass is 392 g/mol. The molecule has 1 aliphatic heterocycles. The van der Waals surface area contributed by atoms with Crippen LogP contribution in [0.4, 0.5) is 10.5 Å². The van der Waals surface area contributed by atoms with Crippen LogP contribution in [0.3, 0.4) is 0 Å². The topological polar surface area (TPSA) is 98.2 Å². The molecule has 8 heteroatoms. The van der Waals surface area contributed by atoms with Crippen LogP contribution in [0.5, 0.6) is 0 Å². The summed E-state index contributed by atoms with van der Waals surface area (Å²) in [4.78, 5) is 38.9. The van der Waals surface area contributed by atoms with Crippen molar-refractivity contribution in [3.8, 4) is 0 Å². The highest BCUT2D eigenvalue weighted by molar-refractivity contribution is 6.31. The minimum absolute atomic E-state index is 0.0316. The minimum Gasteiger partial charge on any atom is -0.481 e. The molecular weight excluding hydrogens is 372 g/mol. The Labute approximate surface area is 161 Å². The van der Waals surface area contributed by atoms with Gasteiger partial charge in [-0.25, -0.2) is 4.79 Å². The van der Waals surface area contributed by atoms with Crippen molar-refractivity contribution in [2.24, 2.45) is 5.92 Å². The standard InChI is InChI=1S/C19H21ClN2O5/c20-10-1-4-13-15(9-10)22(19(26)27)14-6-5-12(14)18(13)21(11-2-3-11)16(23)7-8-17(24)25/h1,4,9,11-12,14,18H,2-3,5-8H2,(H,24,25)(H,26,27)/t12-,14+,18?/m0/s1. The summed E-state index contributed by atoms with van der Waals surface area (Å²) in [5.74, 6) is -1.13. The molecule has 3 atom stereocenters. The predicted octanol–water partition coefficient (Wildman–Crippen LogP) is 3.51. The summed E-state index contributed by atoms with van der Waals surface area (Å²) in [6.07, 6.45) is 2.15. The molecule has 4 rings (SSSR count). The molecule has 1 heterocycles. The third-order valence-electron chi connectivity index (χ3n) is 5.88. The molecule has 7 nitrogen and oxygen atoms in total. The zero-order chi connectivity index (χ0) is 19.3. The van der Waals surface area contributed by atoms with Crippen LogP contribution in [0.2, 0.25) is 5.02 Å². The first-order valence-corrected chi connectivity index (χ1v) is 9.61. The summed E-state index contributed by atoms with van der Waals surface area (Å²) in [5, 5.41) is 19.1. The van der Waals surface area contributed by atoms with Crippen LogP contribution in [0, 0.1) is 5.92 Å². The maximum Gasteiger partial charge on any atom is 0.412 e. The van der Waals surface area contributed by atoms with E-state index >= 15 is 0 Å². The number of anilines is 1. The van der Waals surface area contributed by atoms with E-state index in [0.29, 0.717) is 10.7 Å². The second-order valence-corrected chi connectivity index (χ2v) is 7.97. The number of carbonyl (C=O) groups is 3. The van der Waals surface area contributed by atoms with E-state index in [1.54, 1.807) is 12.1 Å². The number of benzene rings is 1. The number of halogens is 1. The molecule has 0 aromatic heterocycles. The molecule has 144 valence electrons. The van der Waals surface area contributed by atoms with Gasteiger partial charge in [-0.05, 0) is 43.4 Å². The van der Waals surface area contributed by atoms with Gasteiger partial charge in [-0.15, -0.1) is 0 Å². The van der Waals surface area contributed by atoms with Gasteiger partial charge >= 0.3 is 12.1 Å². The molecule has 1 aromatic rings. The van der Waals surface area contributed by atoms with E-state index in [1.165, 1.54) is 4.90 Å². The third-order valence-corrected chi connectivity index (χ3v) is 6.12. The van der Waals surface area contributed by atoms with Crippen molar-refractivity contribution in [2.45, 2.75) is 56.7 Å². The Balaban J connectivity index is 1.74. The lowest BCUT2D eigenvalue weighted by molar-refractivity contribution is -0.143. The van der Waals surface area contributed by atoms with Crippen molar-refractivity contribution in [2.75, 3.05) is 4.90 Å². The highest BCUT2D eigenvalue weighted by Gasteiger charge is 2.53. The second-order valence-electron chi connectivity index (χ2n) is 7.54. The van der Waals surface area contributed by atoms with Gasteiger partial charge in [0.2, 0.25) is 5.91 Å². The van der Waals surface area contributed by atoms with Gasteiger partial charge < -0.3 is 15.1 Å². The number of rotatable bonds is 5. The summed E-state index contributed by atoms with van der Waals surface area (Å²) in [5.41, 5.74) is 1.33. The number of carboxylic acids is 1. The van der Waals surface area contributed by atoms with Crippen LogP contribution in [0.15, 0.2) is 18.2 Å². The zero-order valence-corrected chi connectivity index (χ0v) is 15.4. The fraction of sp³-hybridized carbons (Fsp3) is 0.526. The molecule has 2 saturated carbocycles. The van der Waals surface area contributed by atoms with Crippen molar-refractivity contribution in [3.05, 3.63) is 28.8 Å². The number of carbonyl (C=O) groups excluding carboxylic acids is 1. The van der Waals surface area contributed by atoms with E-state index in [2.05, 4.69) is 0 Å². The molecule has 2 aliphatic carbocycles. The molecule has 0 radical (unpaired) electrons. The van der Waals surface area contributed by atoms with E-state index in [4.69, 9.17) is 16.7 Å². The lowest BCUT2D eigenvalue weighted by atomic mass is 9.68. The molecule has 0 saturated heterocycles. The van der Waals surface area contributed by atoms with Gasteiger partial charge in [-0.3, -0.25) is 14.5 Å². The highest BCUT2D eigenvalue weighted by Crippen LogP contribution is 2.54. The van der Waals surface area contributed by atoms with Crippen molar-refractivity contribution < 1.29 is 24.6 Å². The van der Waals surface area contributed by atoms with E-state index < -0.39 is 12.1 Å². The zero-order valence-electron chi connectivity index (χ0n) is 14.7. The number of amides is 2. The first-order chi connectivity index (χ1) is 12.9. The van der Waals surface area contributed by atoms with Crippen molar-refractivity contribution in [1.82, 2.24) is 4.90 Å². The largest absolute Gasteiger partial charge is 0.481 e. The molecule has 27 heavy (non-hydrogen) atoms. The highest BCUT2D eigenvalue weighted by atomic mass is 35.5. The quantitative estimate of drug-likeness (QED) is 0.798. The van der Waals surface area contributed by atoms with E-state index in [9.17, 15) is 19.5 Å². The molecule has 1 aromatic carbocycles. The normalized spacial score (nSPS) is 25.8. The Morgan fingerprint density at radius 1 is 1.11 bits per heavy atom. The maximum atomic E-state index is 12.9. The first-order valence-electron chi connectivity index (χ1n) is 9.23. The molecular formula is C19H21ClN2O5. The smallest absolute Gasteiger partial charge is 0.412 e.